The summed E-state index contributed by atoms with van der Waals surface area (Å²) in [5, 5.41) is 4.31. The average Bonchev–Trinajstić information content (AvgIpc) is 2.77. The fourth-order valence-electron chi connectivity index (χ4n) is 2.77. The van der Waals surface area contributed by atoms with Gasteiger partial charge in [-0.15, -0.1) is 0 Å². The molecule has 4 heteroatoms. The molecule has 2 rings (SSSR count). The van der Waals surface area contributed by atoms with Gasteiger partial charge in [-0.25, -0.2) is 0 Å². The smallest absolute Gasteiger partial charge is 0.228 e. The Kier molecular flexibility index (Phi) is 4.17. The zero-order valence-electron chi connectivity index (χ0n) is 12.1. The zero-order valence-corrected chi connectivity index (χ0v) is 13.6. The molecule has 20 heavy (non-hydrogen) atoms. The third-order valence-electron chi connectivity index (χ3n) is 3.91. The Morgan fingerprint density at radius 1 is 1.35 bits per heavy atom. The van der Waals surface area contributed by atoms with Gasteiger partial charge in [0.25, 0.3) is 0 Å². The fourth-order valence-corrected chi connectivity index (χ4v) is 3.19. The van der Waals surface area contributed by atoms with Gasteiger partial charge in [-0.1, -0.05) is 43.1 Å². The summed E-state index contributed by atoms with van der Waals surface area (Å²) in [6.07, 6.45) is 1.97. The van der Waals surface area contributed by atoms with Crippen LogP contribution in [0.15, 0.2) is 29.3 Å². The highest BCUT2D eigenvalue weighted by molar-refractivity contribution is 6.31. The molecule has 0 bridgehead atoms. The van der Waals surface area contributed by atoms with E-state index in [1.165, 1.54) is 0 Å². The molecule has 1 fully saturated rings. The second-order valence-corrected chi connectivity index (χ2v) is 7.12. The molecular formula is C16H19Cl2NO. The van der Waals surface area contributed by atoms with E-state index in [9.17, 15) is 4.79 Å². The third kappa shape index (κ3) is 3.18. The number of hydrogen-bond donors (Lipinski definition) is 1. The van der Waals surface area contributed by atoms with Gasteiger partial charge in [0.2, 0.25) is 5.91 Å². The Morgan fingerprint density at radius 3 is 2.55 bits per heavy atom. The van der Waals surface area contributed by atoms with E-state index in [1.54, 1.807) is 6.07 Å². The summed E-state index contributed by atoms with van der Waals surface area (Å²) in [6, 6.07) is 5.54. The summed E-state index contributed by atoms with van der Waals surface area (Å²) >= 11 is 11.9. The number of allylic oxidation sites excluding steroid dienone is 2. The molecule has 1 aromatic carbocycles. The monoisotopic (exact) mass is 311 g/mol. The fraction of sp³-hybridized carbons (Fsp3) is 0.438. The van der Waals surface area contributed by atoms with E-state index in [0.717, 1.165) is 16.3 Å². The molecule has 1 amide bonds. The number of benzene rings is 1. The van der Waals surface area contributed by atoms with Crippen LogP contribution in [0.25, 0.3) is 0 Å². The average molecular weight is 312 g/mol. The number of halogens is 2. The van der Waals surface area contributed by atoms with Gasteiger partial charge in [0, 0.05) is 15.7 Å². The Labute approximate surface area is 130 Å². The molecule has 0 spiro atoms. The molecule has 2 nitrogen and oxygen atoms in total. The van der Waals surface area contributed by atoms with Gasteiger partial charge in [-0.3, -0.25) is 4.79 Å². The van der Waals surface area contributed by atoms with Crippen LogP contribution >= 0.6 is 23.2 Å². The molecule has 0 unspecified atom stereocenters. The van der Waals surface area contributed by atoms with Gasteiger partial charge < -0.3 is 5.32 Å². The number of nitrogens with one attached hydrogen (secondary N) is 1. The van der Waals surface area contributed by atoms with E-state index >= 15 is 0 Å². The number of rotatable bonds is 3. The molecule has 0 saturated heterocycles. The maximum atomic E-state index is 12.4. The third-order valence-corrected chi connectivity index (χ3v) is 4.26. The highest BCUT2D eigenvalue weighted by Gasteiger charge is 2.60. The van der Waals surface area contributed by atoms with Crippen molar-refractivity contribution in [2.24, 2.45) is 17.3 Å². The van der Waals surface area contributed by atoms with Crippen LogP contribution in [-0.4, -0.2) is 5.91 Å². The molecule has 108 valence electrons. The zero-order chi connectivity index (χ0) is 15.1. The topological polar surface area (TPSA) is 29.1 Å². The van der Waals surface area contributed by atoms with E-state index in [1.807, 2.05) is 32.1 Å². The first-order valence-corrected chi connectivity index (χ1v) is 7.39. The van der Waals surface area contributed by atoms with Crippen molar-refractivity contribution in [3.63, 3.8) is 0 Å². The van der Waals surface area contributed by atoms with E-state index < -0.39 is 0 Å². The number of aryl methyl sites for hydroxylation is 1. The lowest BCUT2D eigenvalue weighted by Crippen LogP contribution is -2.16. The molecule has 1 aliphatic carbocycles. The van der Waals surface area contributed by atoms with Crippen molar-refractivity contribution in [2.45, 2.75) is 27.7 Å². The van der Waals surface area contributed by atoms with Crippen molar-refractivity contribution in [3.05, 3.63) is 39.9 Å². The van der Waals surface area contributed by atoms with E-state index in [4.69, 9.17) is 23.2 Å². The SMILES string of the molecule is C/C(Cl)=C/[C@@H]1[C@@H](C(=O)Nc2cc(C)cc(Cl)c2)C1(C)C. The van der Waals surface area contributed by atoms with Crippen molar-refractivity contribution in [1.82, 2.24) is 0 Å². The summed E-state index contributed by atoms with van der Waals surface area (Å²) in [7, 11) is 0. The maximum Gasteiger partial charge on any atom is 0.228 e. The van der Waals surface area contributed by atoms with Crippen LogP contribution in [0.5, 0.6) is 0 Å². The first-order chi connectivity index (χ1) is 9.21. The molecule has 1 aliphatic rings. The first-order valence-electron chi connectivity index (χ1n) is 6.64. The van der Waals surface area contributed by atoms with Crippen LogP contribution in [0, 0.1) is 24.2 Å². The summed E-state index contributed by atoms with van der Waals surface area (Å²) in [4.78, 5) is 12.4. The van der Waals surface area contributed by atoms with Gasteiger partial charge in [-0.2, -0.15) is 0 Å². The normalized spacial score (nSPS) is 24.4. The quantitative estimate of drug-likeness (QED) is 0.836. The molecule has 0 aromatic heterocycles. The number of carbonyl (C=O) groups excluding carboxylic acids is 1. The molecule has 2 atom stereocenters. The molecule has 1 saturated carbocycles. The van der Waals surface area contributed by atoms with Crippen LogP contribution in [0.1, 0.15) is 26.3 Å². The molecule has 0 aliphatic heterocycles. The molecule has 1 N–H and O–H groups in total. The van der Waals surface area contributed by atoms with Crippen molar-refractivity contribution in [2.75, 3.05) is 5.32 Å². The van der Waals surface area contributed by atoms with E-state index in [-0.39, 0.29) is 23.2 Å². The van der Waals surface area contributed by atoms with Gasteiger partial charge in [0.15, 0.2) is 0 Å². The van der Waals surface area contributed by atoms with E-state index in [0.29, 0.717) is 5.02 Å². The van der Waals surface area contributed by atoms with Crippen LogP contribution in [0.2, 0.25) is 5.02 Å². The summed E-state index contributed by atoms with van der Waals surface area (Å²) in [5.74, 6) is 0.173. The van der Waals surface area contributed by atoms with Crippen molar-refractivity contribution >= 4 is 34.8 Å². The van der Waals surface area contributed by atoms with Gasteiger partial charge in [0.05, 0.1) is 5.92 Å². The lowest BCUT2D eigenvalue weighted by molar-refractivity contribution is -0.118. The van der Waals surface area contributed by atoms with Crippen LogP contribution < -0.4 is 5.32 Å². The van der Waals surface area contributed by atoms with Gasteiger partial charge in [0.1, 0.15) is 0 Å². The first kappa shape index (κ1) is 15.4. The highest BCUT2D eigenvalue weighted by atomic mass is 35.5. The predicted octanol–water partition coefficient (Wildman–Crippen LogP) is 5.00. The molecule has 0 radical (unpaired) electrons. The Bertz CT molecular complexity index is 554. The van der Waals surface area contributed by atoms with Gasteiger partial charge >= 0.3 is 0 Å². The Hall–Kier alpha value is -0.990. The molecule has 0 heterocycles. The van der Waals surface area contributed by atoms with Crippen LogP contribution in [0.4, 0.5) is 5.69 Å². The van der Waals surface area contributed by atoms with Crippen molar-refractivity contribution < 1.29 is 4.79 Å². The standard InChI is InChI=1S/C16H19Cl2NO/c1-9-5-11(18)8-12(6-9)19-15(20)14-13(7-10(2)17)16(14,3)4/h5-8,13-14H,1-4H3,(H,19,20)/b10-7-/t13-,14+/m1/s1. The van der Waals surface area contributed by atoms with Crippen molar-refractivity contribution in [3.8, 4) is 0 Å². The maximum absolute atomic E-state index is 12.4. The van der Waals surface area contributed by atoms with Crippen LogP contribution in [-0.2, 0) is 4.79 Å². The number of anilines is 1. The second-order valence-electron chi connectivity index (χ2n) is 6.08. The minimum Gasteiger partial charge on any atom is -0.326 e. The Morgan fingerprint density at radius 2 is 2.00 bits per heavy atom. The number of carbonyl (C=O) groups is 1. The highest BCUT2D eigenvalue weighted by Crippen LogP contribution is 2.59. The largest absolute Gasteiger partial charge is 0.326 e. The predicted molar refractivity (Wildman–Crippen MR) is 85.2 cm³/mol. The van der Waals surface area contributed by atoms with E-state index in [2.05, 4.69) is 19.2 Å². The van der Waals surface area contributed by atoms with Crippen LogP contribution in [0.3, 0.4) is 0 Å². The Balaban J connectivity index is 2.12. The lowest BCUT2D eigenvalue weighted by atomic mass is 10.1. The number of hydrogen-bond acceptors (Lipinski definition) is 1. The second kappa shape index (κ2) is 5.42. The van der Waals surface area contributed by atoms with Crippen molar-refractivity contribution in [1.29, 1.82) is 0 Å². The summed E-state index contributed by atoms with van der Waals surface area (Å²) in [5.41, 5.74) is 1.72. The minimum absolute atomic E-state index is 0.0239. The molecule has 1 aromatic rings. The summed E-state index contributed by atoms with van der Waals surface area (Å²) < 4.78 is 0. The molecular weight excluding hydrogens is 293 g/mol. The number of amides is 1. The lowest BCUT2D eigenvalue weighted by Gasteiger charge is -2.07. The summed E-state index contributed by atoms with van der Waals surface area (Å²) in [6.45, 7) is 7.96. The van der Waals surface area contributed by atoms with Gasteiger partial charge in [-0.05, 0) is 48.9 Å². The minimum atomic E-state index is -0.0478.